The highest BCUT2D eigenvalue weighted by Crippen LogP contribution is 2.08. The van der Waals surface area contributed by atoms with E-state index in [9.17, 15) is 4.79 Å². The van der Waals surface area contributed by atoms with Crippen molar-refractivity contribution in [3.05, 3.63) is 51.5 Å². The molecule has 2 aromatic rings. The van der Waals surface area contributed by atoms with Gasteiger partial charge in [-0.05, 0) is 53.8 Å². The van der Waals surface area contributed by atoms with Gasteiger partial charge in [0.2, 0.25) is 0 Å². The summed E-state index contributed by atoms with van der Waals surface area (Å²) in [7, 11) is 0. The molecule has 2 heterocycles. The first-order valence-corrected chi connectivity index (χ1v) is 6.09. The number of carbonyl (C=O) groups excluding carboxylic acids is 1. The van der Waals surface area contributed by atoms with Crippen molar-refractivity contribution in [3.8, 4) is 0 Å². The van der Waals surface area contributed by atoms with E-state index in [4.69, 9.17) is 0 Å². The molecule has 0 unspecified atom stereocenters. The minimum Gasteiger partial charge on any atom is -0.305 e. The molecule has 2 rings (SSSR count). The van der Waals surface area contributed by atoms with Crippen LogP contribution in [0.5, 0.6) is 0 Å². The third-order valence-electron chi connectivity index (χ3n) is 2.09. The fourth-order valence-electron chi connectivity index (χ4n) is 1.30. The van der Waals surface area contributed by atoms with E-state index < -0.39 is 0 Å². The molecule has 1 amide bonds. The van der Waals surface area contributed by atoms with Gasteiger partial charge in [-0.2, -0.15) is 0 Å². The standard InChI is InChI=1S/C12H10IN3O/c1-8-3-2-4-10(15-8)12(17)16-11-6-5-9(13)7-14-11/h2-7H,1H3,(H,14,16,17). The van der Waals surface area contributed by atoms with Crippen LogP contribution in [0.1, 0.15) is 16.2 Å². The number of hydrogen-bond acceptors (Lipinski definition) is 3. The normalized spacial score (nSPS) is 10.0. The second kappa shape index (κ2) is 5.22. The van der Waals surface area contributed by atoms with Crippen molar-refractivity contribution in [2.24, 2.45) is 0 Å². The second-order valence-electron chi connectivity index (χ2n) is 3.48. The van der Waals surface area contributed by atoms with E-state index in [2.05, 4.69) is 37.9 Å². The Kier molecular flexibility index (Phi) is 3.68. The molecule has 5 heteroatoms. The SMILES string of the molecule is Cc1cccc(C(=O)Nc2ccc(I)cn2)n1. The van der Waals surface area contributed by atoms with Crippen molar-refractivity contribution in [2.45, 2.75) is 6.92 Å². The van der Waals surface area contributed by atoms with Gasteiger partial charge in [-0.1, -0.05) is 6.07 Å². The largest absolute Gasteiger partial charge is 0.305 e. The predicted molar refractivity (Wildman–Crippen MR) is 73.9 cm³/mol. The lowest BCUT2D eigenvalue weighted by Crippen LogP contribution is -2.14. The predicted octanol–water partition coefficient (Wildman–Crippen LogP) is 2.64. The fraction of sp³-hybridized carbons (Fsp3) is 0.0833. The molecule has 0 radical (unpaired) electrons. The number of rotatable bonds is 2. The molecule has 0 fully saturated rings. The topological polar surface area (TPSA) is 54.9 Å². The number of anilines is 1. The van der Waals surface area contributed by atoms with E-state index in [1.807, 2.05) is 19.1 Å². The molecule has 17 heavy (non-hydrogen) atoms. The number of carbonyl (C=O) groups is 1. The van der Waals surface area contributed by atoms with E-state index >= 15 is 0 Å². The smallest absolute Gasteiger partial charge is 0.275 e. The Labute approximate surface area is 113 Å². The van der Waals surface area contributed by atoms with E-state index in [0.29, 0.717) is 11.5 Å². The van der Waals surface area contributed by atoms with E-state index in [1.165, 1.54) is 0 Å². The quantitative estimate of drug-likeness (QED) is 0.856. The lowest BCUT2D eigenvalue weighted by Gasteiger charge is -2.04. The number of nitrogens with one attached hydrogen (secondary N) is 1. The van der Waals surface area contributed by atoms with Crippen LogP contribution in [0.2, 0.25) is 0 Å². The monoisotopic (exact) mass is 339 g/mol. The van der Waals surface area contributed by atoms with Crippen LogP contribution in [0.3, 0.4) is 0 Å². The van der Waals surface area contributed by atoms with Crippen molar-refractivity contribution in [1.82, 2.24) is 9.97 Å². The van der Waals surface area contributed by atoms with Gasteiger partial charge in [-0.15, -0.1) is 0 Å². The van der Waals surface area contributed by atoms with Crippen LogP contribution < -0.4 is 5.32 Å². The Bertz CT molecular complexity index is 540. The molecule has 2 aromatic heterocycles. The molecular formula is C12H10IN3O. The number of hydrogen-bond donors (Lipinski definition) is 1. The summed E-state index contributed by atoms with van der Waals surface area (Å²) in [6.07, 6.45) is 1.69. The number of amides is 1. The molecule has 0 aliphatic heterocycles. The first-order chi connectivity index (χ1) is 8.15. The van der Waals surface area contributed by atoms with Gasteiger partial charge in [-0.3, -0.25) is 4.79 Å². The number of aromatic nitrogens is 2. The molecule has 0 spiro atoms. The zero-order chi connectivity index (χ0) is 12.3. The van der Waals surface area contributed by atoms with Gasteiger partial charge in [0.25, 0.3) is 5.91 Å². The molecule has 0 aromatic carbocycles. The summed E-state index contributed by atoms with van der Waals surface area (Å²) in [5.74, 6) is 0.279. The lowest BCUT2D eigenvalue weighted by atomic mass is 10.3. The minimum absolute atomic E-state index is 0.248. The summed E-state index contributed by atoms with van der Waals surface area (Å²) in [6.45, 7) is 1.85. The van der Waals surface area contributed by atoms with Gasteiger partial charge >= 0.3 is 0 Å². The van der Waals surface area contributed by atoms with Crippen LogP contribution >= 0.6 is 22.6 Å². The third kappa shape index (κ3) is 3.23. The van der Waals surface area contributed by atoms with Gasteiger partial charge in [0.05, 0.1) is 0 Å². The molecule has 4 nitrogen and oxygen atoms in total. The van der Waals surface area contributed by atoms with Crippen LogP contribution in [0.25, 0.3) is 0 Å². The molecule has 1 N–H and O–H groups in total. The second-order valence-corrected chi connectivity index (χ2v) is 4.73. The number of halogens is 1. The number of nitrogens with zero attached hydrogens (tertiary/aromatic N) is 2. The van der Waals surface area contributed by atoms with Gasteiger partial charge < -0.3 is 5.32 Å². The van der Waals surface area contributed by atoms with Gasteiger partial charge in [-0.25, -0.2) is 9.97 Å². The van der Waals surface area contributed by atoms with Gasteiger partial charge in [0, 0.05) is 15.5 Å². The van der Waals surface area contributed by atoms with Crippen LogP contribution in [-0.4, -0.2) is 15.9 Å². The molecule has 0 saturated carbocycles. The molecule has 0 atom stereocenters. The summed E-state index contributed by atoms with van der Waals surface area (Å²) in [6, 6.07) is 8.97. The third-order valence-corrected chi connectivity index (χ3v) is 2.73. The van der Waals surface area contributed by atoms with Crippen LogP contribution in [0.15, 0.2) is 36.5 Å². The minimum atomic E-state index is -0.248. The highest BCUT2D eigenvalue weighted by Gasteiger charge is 2.07. The summed E-state index contributed by atoms with van der Waals surface area (Å²) >= 11 is 2.16. The summed E-state index contributed by atoms with van der Waals surface area (Å²) in [4.78, 5) is 20.1. The maximum atomic E-state index is 11.8. The molecule has 0 aliphatic rings. The summed E-state index contributed by atoms with van der Waals surface area (Å²) in [5.41, 5.74) is 1.21. The van der Waals surface area contributed by atoms with E-state index in [0.717, 1.165) is 9.26 Å². The zero-order valence-corrected chi connectivity index (χ0v) is 11.3. The van der Waals surface area contributed by atoms with Crippen LogP contribution in [0.4, 0.5) is 5.82 Å². The Hall–Kier alpha value is -1.50. The number of pyridine rings is 2. The summed E-state index contributed by atoms with van der Waals surface area (Å²) in [5, 5.41) is 2.70. The first kappa shape index (κ1) is 12.0. The van der Waals surface area contributed by atoms with Crippen molar-refractivity contribution >= 4 is 34.3 Å². The highest BCUT2D eigenvalue weighted by atomic mass is 127. The van der Waals surface area contributed by atoms with Gasteiger partial charge in [0.15, 0.2) is 0 Å². The van der Waals surface area contributed by atoms with Crippen molar-refractivity contribution in [2.75, 3.05) is 5.32 Å². The molecule has 86 valence electrons. The Morgan fingerprint density at radius 1 is 1.29 bits per heavy atom. The fourth-order valence-corrected chi connectivity index (χ4v) is 1.62. The van der Waals surface area contributed by atoms with Crippen LogP contribution in [0, 0.1) is 10.5 Å². The van der Waals surface area contributed by atoms with Crippen molar-refractivity contribution < 1.29 is 4.79 Å². The average Bonchev–Trinajstić information content (AvgIpc) is 2.32. The Balaban J connectivity index is 2.14. The Morgan fingerprint density at radius 3 is 2.76 bits per heavy atom. The maximum Gasteiger partial charge on any atom is 0.275 e. The first-order valence-electron chi connectivity index (χ1n) is 5.02. The average molecular weight is 339 g/mol. The van der Waals surface area contributed by atoms with Crippen molar-refractivity contribution in [1.29, 1.82) is 0 Å². The molecule has 0 saturated heterocycles. The van der Waals surface area contributed by atoms with Crippen molar-refractivity contribution in [3.63, 3.8) is 0 Å². The summed E-state index contributed by atoms with van der Waals surface area (Å²) < 4.78 is 1.02. The molecular weight excluding hydrogens is 329 g/mol. The van der Waals surface area contributed by atoms with E-state index in [1.54, 1.807) is 24.4 Å². The number of aryl methyl sites for hydroxylation is 1. The lowest BCUT2D eigenvalue weighted by molar-refractivity contribution is 0.102. The zero-order valence-electron chi connectivity index (χ0n) is 9.14. The molecule has 0 aliphatic carbocycles. The Morgan fingerprint density at radius 2 is 2.12 bits per heavy atom. The van der Waals surface area contributed by atoms with Gasteiger partial charge in [0.1, 0.15) is 11.5 Å². The van der Waals surface area contributed by atoms with Crippen LogP contribution in [-0.2, 0) is 0 Å². The van der Waals surface area contributed by atoms with E-state index in [-0.39, 0.29) is 5.91 Å². The molecule has 0 bridgehead atoms. The highest BCUT2D eigenvalue weighted by molar-refractivity contribution is 14.1. The maximum absolute atomic E-state index is 11.8.